The van der Waals surface area contributed by atoms with Crippen LogP contribution in [-0.2, 0) is 25.7 Å². The number of imide groups is 1. The van der Waals surface area contributed by atoms with Gasteiger partial charge in [0.2, 0.25) is 23.6 Å². The number of aryl methyl sites for hydroxylation is 2. The van der Waals surface area contributed by atoms with Crippen LogP contribution in [0.2, 0.25) is 5.02 Å². The van der Waals surface area contributed by atoms with Gasteiger partial charge in [0.05, 0.1) is 30.1 Å². The SMILES string of the molecule is Cc1sc2c(c1C)C(c1ccc(Cl)cc1)=N[C@@H](CC(=O)NCCCCNC(=O)CN(C)c1ccc(N=Nc3cccc4c3CN(C3CCC(=O)NC3=O)C4=O)cc1)c1nnc(C)n1-2. The van der Waals surface area contributed by atoms with E-state index in [0.29, 0.717) is 59.3 Å². The number of hydrogen-bond donors (Lipinski definition) is 3. The highest BCUT2D eigenvalue weighted by molar-refractivity contribution is 7.15. The fourth-order valence-corrected chi connectivity index (χ4v) is 9.34. The molecule has 0 bridgehead atoms. The molecule has 3 N–H and O–H groups in total. The van der Waals surface area contributed by atoms with Crippen molar-refractivity contribution in [3.63, 3.8) is 0 Å². The van der Waals surface area contributed by atoms with Crippen LogP contribution in [-0.4, -0.2) is 87.6 Å². The van der Waals surface area contributed by atoms with Crippen molar-refractivity contribution in [1.29, 1.82) is 0 Å². The highest BCUT2D eigenvalue weighted by atomic mass is 35.5. The smallest absolute Gasteiger partial charge is 0.255 e. The molecule has 2 aromatic heterocycles. The predicted molar refractivity (Wildman–Crippen MR) is 240 cm³/mol. The van der Waals surface area contributed by atoms with E-state index in [-0.39, 0.29) is 56.0 Å². The number of benzene rings is 3. The van der Waals surface area contributed by atoms with Gasteiger partial charge in [-0.25, -0.2) is 0 Å². The molecule has 5 aromatic rings. The summed E-state index contributed by atoms with van der Waals surface area (Å²) in [7, 11) is 1.83. The first-order valence-electron chi connectivity index (χ1n) is 20.8. The van der Waals surface area contributed by atoms with Gasteiger partial charge in [-0.05, 0) is 94.1 Å². The number of piperidine rings is 1. The maximum Gasteiger partial charge on any atom is 0.255 e. The van der Waals surface area contributed by atoms with Crippen LogP contribution in [0, 0.1) is 20.8 Å². The number of unbranched alkanes of at least 4 members (excludes halogenated alkanes) is 1. The Morgan fingerprint density at radius 1 is 0.937 bits per heavy atom. The molecule has 1 saturated heterocycles. The van der Waals surface area contributed by atoms with Crippen LogP contribution < -0.4 is 20.9 Å². The molecule has 1 unspecified atom stereocenters. The van der Waals surface area contributed by atoms with E-state index in [2.05, 4.69) is 50.2 Å². The van der Waals surface area contributed by atoms with E-state index < -0.39 is 18.0 Å². The number of likely N-dealkylation sites (N-methyl/N-ethyl adjacent to an activating group) is 1. The maximum absolute atomic E-state index is 13.3. The zero-order valence-corrected chi connectivity index (χ0v) is 36.8. The number of azo groups is 1. The van der Waals surface area contributed by atoms with Crippen molar-refractivity contribution in [2.24, 2.45) is 15.2 Å². The second kappa shape index (κ2) is 18.4. The first-order chi connectivity index (χ1) is 30.4. The van der Waals surface area contributed by atoms with Crippen molar-refractivity contribution >= 4 is 75.2 Å². The van der Waals surface area contributed by atoms with Gasteiger partial charge in [0.1, 0.15) is 22.9 Å². The van der Waals surface area contributed by atoms with E-state index in [9.17, 15) is 24.0 Å². The van der Waals surface area contributed by atoms with Crippen molar-refractivity contribution in [2.75, 3.05) is 31.6 Å². The van der Waals surface area contributed by atoms with E-state index in [1.54, 1.807) is 41.7 Å². The Morgan fingerprint density at radius 3 is 2.40 bits per heavy atom. The average Bonchev–Trinajstić information content (AvgIpc) is 3.88. The lowest BCUT2D eigenvalue weighted by atomic mass is 9.99. The van der Waals surface area contributed by atoms with Gasteiger partial charge in [-0.2, -0.15) is 10.2 Å². The van der Waals surface area contributed by atoms with Crippen LogP contribution >= 0.6 is 22.9 Å². The standard InChI is InChI=1S/C45H46ClN11O5S/c1-25-26(2)63-45-40(25)41(28-10-12-29(46)13-11-28)49-35(42-54-51-27(3)57(42)45)22-38(59)47-20-5-6-21-48-39(60)24-55(4)31-16-14-30(15-17-31)52-53-34-9-7-8-32-33(34)23-56(44(32)62)36-18-19-37(58)50-43(36)61/h7-17,35-36H,5-6,18-24H2,1-4H3,(H,47,59)(H,48,60)(H,50,58,61)/t35-,36?/m0/s1. The molecule has 3 aliphatic heterocycles. The van der Waals surface area contributed by atoms with Crippen molar-refractivity contribution in [2.45, 2.75) is 71.5 Å². The molecule has 8 rings (SSSR count). The lowest BCUT2D eigenvalue weighted by molar-refractivity contribution is -0.137. The minimum absolute atomic E-state index is 0.0963. The number of aromatic nitrogens is 3. The number of carbonyl (C=O) groups is 5. The summed E-state index contributed by atoms with van der Waals surface area (Å²) in [6, 6.07) is 18.8. The number of nitrogens with one attached hydrogen (secondary N) is 3. The summed E-state index contributed by atoms with van der Waals surface area (Å²) >= 11 is 7.89. The summed E-state index contributed by atoms with van der Waals surface area (Å²) in [5.74, 6) is -0.0117. The molecule has 16 nitrogen and oxygen atoms in total. The van der Waals surface area contributed by atoms with E-state index in [1.807, 2.05) is 59.8 Å². The first kappa shape index (κ1) is 43.1. The number of fused-ring (bicyclic) bond motifs is 4. The minimum atomic E-state index is -0.713. The minimum Gasteiger partial charge on any atom is -0.365 e. The zero-order valence-electron chi connectivity index (χ0n) is 35.3. The Hall–Kier alpha value is -6.59. The Labute approximate surface area is 372 Å². The quantitative estimate of drug-likeness (QED) is 0.0637. The van der Waals surface area contributed by atoms with Gasteiger partial charge >= 0.3 is 0 Å². The second-order valence-electron chi connectivity index (χ2n) is 15.8. The lowest BCUT2D eigenvalue weighted by Gasteiger charge is -2.29. The van der Waals surface area contributed by atoms with Crippen LogP contribution in [0.25, 0.3) is 5.00 Å². The van der Waals surface area contributed by atoms with Gasteiger partial charge in [-0.15, -0.1) is 21.5 Å². The van der Waals surface area contributed by atoms with Crippen LogP contribution in [0.5, 0.6) is 0 Å². The van der Waals surface area contributed by atoms with E-state index in [0.717, 1.165) is 38.9 Å². The highest BCUT2D eigenvalue weighted by Gasteiger charge is 2.40. The third-order valence-electron chi connectivity index (χ3n) is 11.5. The summed E-state index contributed by atoms with van der Waals surface area (Å²) in [6.45, 7) is 7.33. The molecule has 324 valence electrons. The van der Waals surface area contributed by atoms with Crippen LogP contribution in [0.15, 0.2) is 82.0 Å². The largest absolute Gasteiger partial charge is 0.365 e. The zero-order chi connectivity index (χ0) is 44.4. The molecule has 3 aliphatic rings. The van der Waals surface area contributed by atoms with Gasteiger partial charge in [-0.1, -0.05) is 29.8 Å². The van der Waals surface area contributed by atoms with Gasteiger partial charge in [0, 0.05) is 70.9 Å². The maximum atomic E-state index is 13.3. The summed E-state index contributed by atoms with van der Waals surface area (Å²) in [5.41, 5.74) is 6.89. The van der Waals surface area contributed by atoms with Crippen LogP contribution in [0.1, 0.15) is 87.3 Å². The summed E-state index contributed by atoms with van der Waals surface area (Å²) in [4.78, 5) is 73.0. The highest BCUT2D eigenvalue weighted by Crippen LogP contribution is 2.40. The van der Waals surface area contributed by atoms with Crippen LogP contribution in [0.4, 0.5) is 17.1 Å². The molecule has 3 aromatic carbocycles. The van der Waals surface area contributed by atoms with Crippen molar-refractivity contribution < 1.29 is 24.0 Å². The van der Waals surface area contributed by atoms with Gasteiger partial charge in [-0.3, -0.25) is 38.8 Å². The molecule has 0 radical (unpaired) electrons. The summed E-state index contributed by atoms with van der Waals surface area (Å²) in [5, 5.41) is 27.6. The predicted octanol–water partition coefficient (Wildman–Crippen LogP) is 6.52. The molecule has 0 spiro atoms. The third-order valence-corrected chi connectivity index (χ3v) is 12.9. The van der Waals surface area contributed by atoms with Crippen molar-refractivity contribution in [1.82, 2.24) is 35.6 Å². The number of rotatable bonds is 14. The Morgan fingerprint density at radius 2 is 1.67 bits per heavy atom. The molecule has 5 amide bonds. The Bertz CT molecular complexity index is 2670. The van der Waals surface area contributed by atoms with Gasteiger partial charge < -0.3 is 20.4 Å². The van der Waals surface area contributed by atoms with Crippen molar-refractivity contribution in [3.05, 3.63) is 116 Å². The number of hydrogen-bond acceptors (Lipinski definition) is 12. The topological polar surface area (TPSA) is 196 Å². The number of amides is 5. The average molecular weight is 888 g/mol. The molecule has 63 heavy (non-hydrogen) atoms. The Balaban J connectivity index is 0.792. The number of nitrogens with zero attached hydrogens (tertiary/aromatic N) is 8. The normalized spacial score (nSPS) is 16.9. The molecule has 2 atom stereocenters. The Kier molecular flexibility index (Phi) is 12.6. The molecule has 0 saturated carbocycles. The molecule has 18 heteroatoms. The summed E-state index contributed by atoms with van der Waals surface area (Å²) in [6.07, 6.45) is 1.91. The summed E-state index contributed by atoms with van der Waals surface area (Å²) < 4.78 is 2.03. The van der Waals surface area contributed by atoms with Crippen LogP contribution in [0.3, 0.4) is 0 Å². The van der Waals surface area contributed by atoms with E-state index >= 15 is 0 Å². The fourth-order valence-electron chi connectivity index (χ4n) is 8.00. The van der Waals surface area contributed by atoms with Gasteiger partial charge in [0.15, 0.2) is 5.82 Å². The number of aliphatic imine (C=N–C) groups is 1. The molecular weight excluding hydrogens is 842 g/mol. The monoisotopic (exact) mass is 887 g/mol. The first-order valence-corrected chi connectivity index (χ1v) is 21.9. The number of anilines is 1. The molecule has 1 fully saturated rings. The van der Waals surface area contributed by atoms with E-state index in [1.165, 1.54) is 9.78 Å². The third kappa shape index (κ3) is 9.15. The molecule has 0 aliphatic carbocycles. The van der Waals surface area contributed by atoms with E-state index in [4.69, 9.17) is 16.6 Å². The lowest BCUT2D eigenvalue weighted by Crippen LogP contribution is -2.52. The number of carbonyl (C=O) groups excluding carboxylic acids is 5. The fraction of sp³-hybridized carbons (Fsp3) is 0.333. The van der Waals surface area contributed by atoms with Crippen molar-refractivity contribution in [3.8, 4) is 5.00 Å². The molecule has 5 heterocycles. The van der Waals surface area contributed by atoms with Gasteiger partial charge in [0.25, 0.3) is 5.91 Å². The number of thiophene rings is 1. The molecular formula is C45H46ClN11O5S. The number of halogens is 1. The second-order valence-corrected chi connectivity index (χ2v) is 17.4.